The number of ether oxygens (including phenoxy) is 1. The van der Waals surface area contributed by atoms with Gasteiger partial charge in [-0.15, -0.1) is 0 Å². The monoisotopic (exact) mass is 474 g/mol. The van der Waals surface area contributed by atoms with Crippen molar-refractivity contribution in [1.29, 1.82) is 0 Å². The van der Waals surface area contributed by atoms with Crippen molar-refractivity contribution in [2.24, 2.45) is 39.9 Å². The number of esters is 1. The van der Waals surface area contributed by atoms with Gasteiger partial charge in [-0.05, 0) is 100 Å². The molecule has 4 rings (SSSR count). The Morgan fingerprint density at radius 3 is 2.26 bits per heavy atom. The molecule has 0 aromatic carbocycles. The van der Waals surface area contributed by atoms with Gasteiger partial charge in [-0.1, -0.05) is 19.4 Å². The van der Waals surface area contributed by atoms with Gasteiger partial charge in [0.05, 0.1) is 5.41 Å². The fraction of sp³-hybridized carbons (Fsp3) is 0.786. The lowest BCUT2D eigenvalue weighted by Crippen LogP contribution is -2.51. The first kappa shape index (κ1) is 26.6. The molecule has 6 atom stereocenters. The maximum atomic E-state index is 12.8. The first-order valence-electron chi connectivity index (χ1n) is 12.8. The first-order valence-corrected chi connectivity index (χ1v) is 12.8. The molecule has 0 heterocycles. The van der Waals surface area contributed by atoms with Crippen LogP contribution in [0.4, 0.5) is 0 Å². The summed E-state index contributed by atoms with van der Waals surface area (Å²) in [6, 6.07) is 0. The maximum Gasteiger partial charge on any atom is 0.308 e. The maximum absolute atomic E-state index is 12.8. The van der Waals surface area contributed by atoms with Gasteiger partial charge in [0.15, 0.2) is 11.6 Å². The molecule has 4 aliphatic carbocycles. The van der Waals surface area contributed by atoms with Gasteiger partial charge in [-0.3, -0.25) is 19.2 Å². The molecule has 0 bridgehead atoms. The van der Waals surface area contributed by atoms with Crippen LogP contribution in [0.5, 0.6) is 0 Å². The van der Waals surface area contributed by atoms with Crippen LogP contribution in [0.25, 0.3) is 0 Å². The largest absolute Gasteiger partial charge is 0.481 e. The molecule has 0 amide bonds. The molecule has 0 aromatic heterocycles. The van der Waals surface area contributed by atoms with Crippen LogP contribution < -0.4 is 0 Å². The van der Waals surface area contributed by atoms with Gasteiger partial charge in [0.25, 0.3) is 0 Å². The average molecular weight is 475 g/mol. The smallest absolute Gasteiger partial charge is 0.308 e. The van der Waals surface area contributed by atoms with Crippen molar-refractivity contribution in [3.8, 4) is 0 Å². The van der Waals surface area contributed by atoms with Crippen LogP contribution in [-0.2, 0) is 23.9 Å². The third-order valence-electron chi connectivity index (χ3n) is 9.41. The molecule has 1 N–H and O–H groups in total. The normalized spacial score (nSPS) is 36.6. The highest BCUT2D eigenvalue weighted by Gasteiger charge is 2.60. The van der Waals surface area contributed by atoms with Gasteiger partial charge in [-0.25, -0.2) is 0 Å². The molecule has 0 unspecified atom stereocenters. The van der Waals surface area contributed by atoms with E-state index in [4.69, 9.17) is 9.84 Å². The number of allylic oxidation sites excluding steroid dienone is 1. The van der Waals surface area contributed by atoms with E-state index in [0.717, 1.165) is 44.9 Å². The van der Waals surface area contributed by atoms with Crippen LogP contribution in [0.1, 0.15) is 92.9 Å². The Morgan fingerprint density at radius 2 is 1.68 bits per heavy atom. The minimum atomic E-state index is -0.757. The molecule has 0 spiro atoms. The minimum absolute atomic E-state index is 0.0282. The van der Waals surface area contributed by atoms with Crippen molar-refractivity contribution < 1.29 is 29.0 Å². The van der Waals surface area contributed by atoms with Crippen LogP contribution in [0.3, 0.4) is 0 Å². The van der Waals surface area contributed by atoms with Crippen molar-refractivity contribution in [2.45, 2.75) is 92.9 Å². The van der Waals surface area contributed by atoms with E-state index in [1.54, 1.807) is 20.8 Å². The second-order valence-corrected chi connectivity index (χ2v) is 12.4. The Kier molecular flexibility index (Phi) is 7.50. The van der Waals surface area contributed by atoms with Crippen LogP contribution in [0.15, 0.2) is 11.6 Å². The van der Waals surface area contributed by atoms with E-state index in [0.29, 0.717) is 30.0 Å². The number of aliphatic carboxylic acids is 1. The highest BCUT2D eigenvalue weighted by Crippen LogP contribution is 2.66. The molecule has 3 saturated carbocycles. The number of hydrogen-bond donors (Lipinski definition) is 1. The number of carbonyl (C=O) groups is 4. The number of fused-ring (bicyclic) bond motifs is 5. The first-order chi connectivity index (χ1) is 15.7. The average Bonchev–Trinajstić information content (AvgIpc) is 3.09. The van der Waals surface area contributed by atoms with E-state index in [1.807, 2.05) is 6.08 Å². The molecule has 6 nitrogen and oxygen atoms in total. The molecule has 34 heavy (non-hydrogen) atoms. The predicted octanol–water partition coefficient (Wildman–Crippen LogP) is 5.38. The van der Waals surface area contributed by atoms with Gasteiger partial charge in [0.1, 0.15) is 6.61 Å². The number of carboxylic acids is 1. The molecule has 0 aromatic rings. The molecular formula is C28H42O6. The minimum Gasteiger partial charge on any atom is -0.481 e. The van der Waals surface area contributed by atoms with Crippen molar-refractivity contribution >= 4 is 23.5 Å². The lowest BCUT2D eigenvalue weighted by molar-refractivity contribution is -0.149. The Bertz CT molecular complexity index is 880. The summed E-state index contributed by atoms with van der Waals surface area (Å²) >= 11 is 0. The molecule has 0 saturated heterocycles. The summed E-state index contributed by atoms with van der Waals surface area (Å²) in [6.45, 7) is 11.0. The highest BCUT2D eigenvalue weighted by atomic mass is 16.5. The quantitative estimate of drug-likeness (QED) is 0.551. The zero-order valence-corrected chi connectivity index (χ0v) is 21.7. The second kappa shape index (κ2) is 9.58. The topological polar surface area (TPSA) is 97.7 Å². The fourth-order valence-corrected chi connectivity index (χ4v) is 7.36. The summed E-state index contributed by atoms with van der Waals surface area (Å²) in [4.78, 5) is 45.8. The van der Waals surface area contributed by atoms with Gasteiger partial charge < -0.3 is 9.84 Å². The second-order valence-electron chi connectivity index (χ2n) is 12.4. The van der Waals surface area contributed by atoms with E-state index < -0.39 is 11.4 Å². The SMILES string of the molecule is CC(=O)OCC(=O)[C@@H]1CC[C@H]2[C@@H]3CCC4=CC(=O)CC[C@]4(C)[C@H]3CC[C@]12C.CC(C)(C)C(=O)O. The Balaban J connectivity index is 0.000000406. The van der Waals surface area contributed by atoms with Gasteiger partial charge >= 0.3 is 11.9 Å². The summed E-state index contributed by atoms with van der Waals surface area (Å²) in [7, 11) is 0. The lowest BCUT2D eigenvalue weighted by Gasteiger charge is -2.58. The Labute approximate surface area is 203 Å². The van der Waals surface area contributed by atoms with E-state index in [9.17, 15) is 19.2 Å². The molecule has 4 aliphatic rings. The number of rotatable bonds is 3. The lowest BCUT2D eigenvalue weighted by atomic mass is 9.46. The molecule has 0 aliphatic heterocycles. The van der Waals surface area contributed by atoms with Crippen LogP contribution in [0, 0.1) is 39.9 Å². The van der Waals surface area contributed by atoms with E-state index >= 15 is 0 Å². The van der Waals surface area contributed by atoms with Crippen molar-refractivity contribution in [2.75, 3.05) is 6.61 Å². The summed E-state index contributed by atoms with van der Waals surface area (Å²) in [5.41, 5.74) is 1.03. The van der Waals surface area contributed by atoms with Gasteiger partial charge in [0, 0.05) is 19.3 Å². The molecule has 3 fully saturated rings. The van der Waals surface area contributed by atoms with Crippen LogP contribution in [-0.4, -0.2) is 35.2 Å². The predicted molar refractivity (Wildman–Crippen MR) is 129 cm³/mol. The van der Waals surface area contributed by atoms with Crippen LogP contribution in [0.2, 0.25) is 0 Å². The summed E-state index contributed by atoms with van der Waals surface area (Å²) in [5.74, 6) is 1.19. The molecule has 6 heteroatoms. The number of hydrogen-bond acceptors (Lipinski definition) is 5. The fourth-order valence-electron chi connectivity index (χ4n) is 7.36. The number of Topliss-reactive ketones (excluding diaryl/α,β-unsaturated/α-hetero) is 1. The molecule has 0 radical (unpaired) electrons. The van der Waals surface area contributed by atoms with Gasteiger partial charge in [0.2, 0.25) is 0 Å². The number of carbonyl (C=O) groups excluding carboxylic acids is 3. The standard InChI is InChI=1S/C23H32O4.C5H10O2/c1-14(24)27-13-21(26)20-7-6-18-17-5-4-15-12-16(25)8-10-22(15,2)19(17)9-11-23(18,20)3;1-5(2,3)4(6)7/h12,17-20H,4-11,13H2,1-3H3;1-3H3,(H,6,7)/t17-,18-,19-,20-,22-,23-;/m0./s1. The molecular weight excluding hydrogens is 432 g/mol. The summed E-state index contributed by atoms with van der Waals surface area (Å²) in [6.07, 6.45) is 10.1. The van der Waals surface area contributed by atoms with Gasteiger partial charge in [-0.2, -0.15) is 0 Å². The third-order valence-corrected chi connectivity index (χ3v) is 9.41. The third kappa shape index (κ3) is 5.01. The van der Waals surface area contributed by atoms with E-state index in [-0.39, 0.29) is 35.1 Å². The summed E-state index contributed by atoms with van der Waals surface area (Å²) < 4.78 is 5.02. The van der Waals surface area contributed by atoms with Crippen molar-refractivity contribution in [3.05, 3.63) is 11.6 Å². The number of ketones is 2. The number of carboxylic acid groups (broad SMARTS) is 1. The zero-order chi connectivity index (χ0) is 25.5. The highest BCUT2D eigenvalue weighted by molar-refractivity contribution is 5.91. The molecule has 190 valence electrons. The van der Waals surface area contributed by atoms with Crippen molar-refractivity contribution in [3.63, 3.8) is 0 Å². The zero-order valence-electron chi connectivity index (χ0n) is 21.7. The van der Waals surface area contributed by atoms with Crippen LogP contribution >= 0.6 is 0 Å². The Morgan fingerprint density at radius 1 is 1.03 bits per heavy atom. The van der Waals surface area contributed by atoms with E-state index in [1.165, 1.54) is 12.5 Å². The van der Waals surface area contributed by atoms with E-state index in [2.05, 4.69) is 13.8 Å². The van der Waals surface area contributed by atoms with Crippen molar-refractivity contribution in [1.82, 2.24) is 0 Å². The summed E-state index contributed by atoms with van der Waals surface area (Å²) in [5, 5.41) is 8.25. The Hall–Kier alpha value is -1.98.